The molecule has 0 radical (unpaired) electrons. The standard InChI is InChI=1S/C21H18ClF6N3O3S/c1-9-15(35-18(29-9)10-2-4-11(5-3-10)20(23,24)25)16(21(26,27)28)33-12-6-7-13(14(22)8-12)17-30-19(32)34-31-17/h6-8,10-11,16H,2-5H2,1H3,(H,30,31,32)/t10-,11-,16?. The minimum absolute atomic E-state index is 0.00195. The second-order valence-corrected chi connectivity index (χ2v) is 9.69. The summed E-state index contributed by atoms with van der Waals surface area (Å²) in [4.78, 5) is 17.5. The summed E-state index contributed by atoms with van der Waals surface area (Å²) in [6.07, 6.45) is -11.2. The highest BCUT2D eigenvalue weighted by molar-refractivity contribution is 7.11. The van der Waals surface area contributed by atoms with Crippen molar-refractivity contribution in [2.24, 2.45) is 5.92 Å². The van der Waals surface area contributed by atoms with E-state index in [0.717, 1.165) is 17.4 Å². The number of nitrogens with zero attached hydrogens (tertiary/aromatic N) is 2. The van der Waals surface area contributed by atoms with Crippen molar-refractivity contribution < 1.29 is 35.6 Å². The lowest BCUT2D eigenvalue weighted by Crippen LogP contribution is -2.27. The number of ether oxygens (including phenoxy) is 1. The van der Waals surface area contributed by atoms with E-state index in [1.54, 1.807) is 0 Å². The average molecular weight is 542 g/mol. The van der Waals surface area contributed by atoms with Gasteiger partial charge in [0.25, 0.3) is 0 Å². The maximum atomic E-state index is 14.0. The maximum absolute atomic E-state index is 14.0. The highest BCUT2D eigenvalue weighted by atomic mass is 35.5. The molecular formula is C21H18ClF6N3O3S. The first kappa shape index (κ1) is 25.5. The van der Waals surface area contributed by atoms with Crippen molar-refractivity contribution in [1.29, 1.82) is 0 Å². The molecule has 2 aromatic heterocycles. The van der Waals surface area contributed by atoms with Crippen molar-refractivity contribution in [3.8, 4) is 17.1 Å². The van der Waals surface area contributed by atoms with Crippen LogP contribution in [0.2, 0.25) is 5.02 Å². The van der Waals surface area contributed by atoms with Crippen LogP contribution in [0, 0.1) is 12.8 Å². The Bertz CT molecular complexity index is 1240. The number of thiazole rings is 1. The fourth-order valence-electron chi connectivity index (χ4n) is 4.03. The summed E-state index contributed by atoms with van der Waals surface area (Å²) in [6.45, 7) is 1.41. The van der Waals surface area contributed by atoms with Gasteiger partial charge in [-0.25, -0.2) is 9.78 Å². The molecule has 1 aliphatic rings. The number of benzene rings is 1. The van der Waals surface area contributed by atoms with Crippen LogP contribution < -0.4 is 10.5 Å². The predicted octanol–water partition coefficient (Wildman–Crippen LogP) is 6.97. The van der Waals surface area contributed by atoms with Crippen LogP contribution in [-0.2, 0) is 0 Å². The van der Waals surface area contributed by atoms with Crippen molar-refractivity contribution in [2.75, 3.05) is 0 Å². The van der Waals surface area contributed by atoms with Crippen LogP contribution >= 0.6 is 22.9 Å². The van der Waals surface area contributed by atoms with Crippen LogP contribution in [0.15, 0.2) is 27.5 Å². The molecule has 1 aliphatic carbocycles. The lowest BCUT2D eigenvalue weighted by molar-refractivity contribution is -0.197. The molecule has 1 unspecified atom stereocenters. The molecule has 0 spiro atoms. The molecule has 1 atom stereocenters. The molecule has 4 rings (SSSR count). The Balaban J connectivity index is 1.56. The highest BCUT2D eigenvalue weighted by Gasteiger charge is 2.46. The van der Waals surface area contributed by atoms with E-state index in [2.05, 4.69) is 19.6 Å². The molecule has 0 aliphatic heterocycles. The highest BCUT2D eigenvalue weighted by Crippen LogP contribution is 2.47. The van der Waals surface area contributed by atoms with Gasteiger partial charge in [-0.15, -0.1) is 11.3 Å². The molecule has 3 aromatic rings. The van der Waals surface area contributed by atoms with Crippen LogP contribution in [0.3, 0.4) is 0 Å². The number of nitrogens with one attached hydrogen (secondary N) is 1. The summed E-state index contributed by atoms with van der Waals surface area (Å²) in [5.41, 5.74) is 0.326. The molecular weight excluding hydrogens is 524 g/mol. The first-order chi connectivity index (χ1) is 16.3. The predicted molar refractivity (Wildman–Crippen MR) is 115 cm³/mol. The zero-order valence-electron chi connectivity index (χ0n) is 18.0. The Morgan fingerprint density at radius 1 is 1.17 bits per heavy atom. The Hall–Kier alpha value is -2.54. The molecule has 35 heavy (non-hydrogen) atoms. The molecule has 0 amide bonds. The zero-order chi connectivity index (χ0) is 25.5. The normalized spacial score (nSPS) is 20.1. The van der Waals surface area contributed by atoms with Gasteiger partial charge in [0, 0.05) is 11.5 Å². The topological polar surface area (TPSA) is 81.0 Å². The Morgan fingerprint density at radius 3 is 2.40 bits per heavy atom. The molecule has 1 fully saturated rings. The SMILES string of the molecule is Cc1nc([C@H]2CC[C@H](C(F)(F)F)CC2)sc1C(Oc1ccc(-c2noc(=O)[nH]2)c(Cl)c1)C(F)(F)F. The van der Waals surface area contributed by atoms with Crippen LogP contribution in [-0.4, -0.2) is 27.5 Å². The third-order valence-corrected chi connectivity index (χ3v) is 7.49. The lowest BCUT2D eigenvalue weighted by Gasteiger charge is -2.28. The summed E-state index contributed by atoms with van der Waals surface area (Å²) in [5, 5.41) is 3.83. The number of alkyl halides is 6. The van der Waals surface area contributed by atoms with Crippen molar-refractivity contribution in [3.05, 3.63) is 49.4 Å². The Morgan fingerprint density at radius 2 is 1.86 bits per heavy atom. The van der Waals surface area contributed by atoms with Crippen molar-refractivity contribution in [2.45, 2.75) is 57.0 Å². The summed E-state index contributed by atoms with van der Waals surface area (Å²) in [6, 6.07) is 3.71. The van der Waals surface area contributed by atoms with Crippen LogP contribution in [0.1, 0.15) is 53.3 Å². The number of aryl methyl sites for hydroxylation is 1. The smallest absolute Gasteiger partial charge is 0.439 e. The maximum Gasteiger partial charge on any atom is 0.439 e. The third-order valence-electron chi connectivity index (χ3n) is 5.81. The minimum Gasteiger partial charge on any atom is -0.475 e. The van der Waals surface area contributed by atoms with Gasteiger partial charge in [-0.2, -0.15) is 26.3 Å². The molecule has 0 saturated heterocycles. The molecule has 1 aromatic carbocycles. The van der Waals surface area contributed by atoms with E-state index in [1.165, 1.54) is 19.1 Å². The van der Waals surface area contributed by atoms with E-state index >= 15 is 0 Å². The number of aromatic amines is 1. The van der Waals surface area contributed by atoms with E-state index in [9.17, 15) is 31.1 Å². The first-order valence-electron chi connectivity index (χ1n) is 10.5. The fraction of sp³-hybridized carbons (Fsp3) is 0.476. The fourth-order valence-corrected chi connectivity index (χ4v) is 5.58. The quantitative estimate of drug-likeness (QED) is 0.353. The second kappa shape index (κ2) is 9.49. The van der Waals surface area contributed by atoms with Crippen LogP contribution in [0.4, 0.5) is 26.3 Å². The second-order valence-electron chi connectivity index (χ2n) is 8.22. The average Bonchev–Trinajstić information content (AvgIpc) is 3.36. The van der Waals surface area contributed by atoms with Gasteiger partial charge in [-0.3, -0.25) is 9.51 Å². The number of H-pyrrole nitrogens is 1. The zero-order valence-corrected chi connectivity index (χ0v) is 19.5. The molecule has 14 heteroatoms. The third kappa shape index (κ3) is 5.66. The number of halogens is 7. The van der Waals surface area contributed by atoms with Gasteiger partial charge in [-0.1, -0.05) is 16.8 Å². The van der Waals surface area contributed by atoms with Gasteiger partial charge in [0.15, 0.2) is 5.82 Å². The molecule has 6 nitrogen and oxygen atoms in total. The molecule has 1 saturated carbocycles. The van der Waals surface area contributed by atoms with Gasteiger partial charge >= 0.3 is 18.1 Å². The largest absolute Gasteiger partial charge is 0.475 e. The van der Waals surface area contributed by atoms with Crippen LogP contribution in [0.5, 0.6) is 5.75 Å². The van der Waals surface area contributed by atoms with Gasteiger partial charge in [-0.05, 0) is 50.8 Å². The van der Waals surface area contributed by atoms with Crippen molar-refractivity contribution in [3.63, 3.8) is 0 Å². The summed E-state index contributed by atoms with van der Waals surface area (Å²) in [5.74, 6) is -2.74. The summed E-state index contributed by atoms with van der Waals surface area (Å²) >= 11 is 6.95. The lowest BCUT2D eigenvalue weighted by atomic mass is 9.82. The van der Waals surface area contributed by atoms with E-state index in [4.69, 9.17) is 16.3 Å². The van der Waals surface area contributed by atoms with E-state index in [-0.39, 0.29) is 64.3 Å². The number of hydrogen-bond acceptors (Lipinski definition) is 6. The molecule has 2 heterocycles. The van der Waals surface area contributed by atoms with Crippen LogP contribution in [0.25, 0.3) is 11.4 Å². The summed E-state index contributed by atoms with van der Waals surface area (Å²) in [7, 11) is 0. The number of aromatic nitrogens is 3. The van der Waals surface area contributed by atoms with E-state index in [0.29, 0.717) is 5.01 Å². The molecule has 1 N–H and O–H groups in total. The Kier molecular flexibility index (Phi) is 6.93. The van der Waals surface area contributed by atoms with Crippen molar-refractivity contribution >= 4 is 22.9 Å². The molecule has 0 bridgehead atoms. The summed E-state index contributed by atoms with van der Waals surface area (Å²) < 4.78 is 90.5. The van der Waals surface area contributed by atoms with Gasteiger partial charge in [0.1, 0.15) is 5.75 Å². The van der Waals surface area contributed by atoms with Crippen molar-refractivity contribution in [1.82, 2.24) is 15.1 Å². The minimum atomic E-state index is -4.80. The van der Waals surface area contributed by atoms with E-state index in [1.807, 2.05) is 0 Å². The van der Waals surface area contributed by atoms with Gasteiger partial charge < -0.3 is 4.74 Å². The first-order valence-corrected chi connectivity index (χ1v) is 11.7. The van der Waals surface area contributed by atoms with Gasteiger partial charge in [0.2, 0.25) is 6.10 Å². The van der Waals surface area contributed by atoms with Gasteiger partial charge in [0.05, 0.1) is 26.5 Å². The van der Waals surface area contributed by atoms with E-state index < -0.39 is 30.1 Å². The molecule has 190 valence electrons. The monoisotopic (exact) mass is 541 g/mol. The number of rotatable bonds is 5. The Labute approximate surface area is 203 Å². The number of hydrogen-bond donors (Lipinski definition) is 1.